The van der Waals surface area contributed by atoms with Gasteiger partial charge in [-0.15, -0.1) is 0 Å². The second-order valence-corrected chi connectivity index (χ2v) is 7.55. The Morgan fingerprint density at radius 2 is 1.91 bits per heavy atom. The number of aromatic nitrogens is 5. The van der Waals surface area contributed by atoms with E-state index in [1.807, 2.05) is 6.20 Å². The van der Waals surface area contributed by atoms with Gasteiger partial charge in [0.1, 0.15) is 17.5 Å². The fraction of sp³-hybridized carbons (Fsp3) is 0.227. The van der Waals surface area contributed by atoms with Gasteiger partial charge in [-0.1, -0.05) is 0 Å². The van der Waals surface area contributed by atoms with E-state index >= 15 is 0 Å². The summed E-state index contributed by atoms with van der Waals surface area (Å²) in [7, 11) is 0. The molecule has 1 fully saturated rings. The Morgan fingerprint density at radius 1 is 1.03 bits per heavy atom. The molecule has 0 bridgehead atoms. The van der Waals surface area contributed by atoms with E-state index in [4.69, 9.17) is 15.7 Å². The summed E-state index contributed by atoms with van der Waals surface area (Å²) in [6.45, 7) is 1.03. The Hall–Kier alpha value is -3.79. The smallest absolute Gasteiger partial charge is 0.168 e. The number of hydrogen-bond acceptors (Lipinski definition) is 8. The minimum absolute atomic E-state index is 0.126. The van der Waals surface area contributed by atoms with E-state index in [0.29, 0.717) is 42.0 Å². The SMILES string of the molecule is NCCNc1nc(-c2ccnc(Nc3ncc(F)cc3F)c2)nc2cncc(C3CC3)c12. The molecule has 0 radical (unpaired) electrons. The molecule has 4 N–H and O–H groups in total. The first-order chi connectivity index (χ1) is 15.6. The Labute approximate surface area is 182 Å². The van der Waals surface area contributed by atoms with Crippen molar-refractivity contribution in [3.05, 3.63) is 60.2 Å². The van der Waals surface area contributed by atoms with E-state index < -0.39 is 11.6 Å². The highest BCUT2D eigenvalue weighted by atomic mass is 19.1. The topological polar surface area (TPSA) is 115 Å². The van der Waals surface area contributed by atoms with E-state index in [-0.39, 0.29) is 5.82 Å². The third kappa shape index (κ3) is 4.04. The molecule has 0 atom stereocenters. The molecule has 0 unspecified atom stereocenters. The van der Waals surface area contributed by atoms with E-state index in [2.05, 4.69) is 25.6 Å². The number of pyridine rings is 3. The van der Waals surface area contributed by atoms with Gasteiger partial charge in [0.05, 0.1) is 17.9 Å². The molecule has 0 spiro atoms. The molecule has 0 aliphatic heterocycles. The lowest BCUT2D eigenvalue weighted by atomic mass is 10.1. The van der Waals surface area contributed by atoms with Crippen LogP contribution in [0.2, 0.25) is 0 Å². The largest absolute Gasteiger partial charge is 0.368 e. The lowest BCUT2D eigenvalue weighted by Crippen LogP contribution is -2.15. The van der Waals surface area contributed by atoms with Crippen LogP contribution in [0.1, 0.15) is 24.3 Å². The molecule has 4 aromatic rings. The number of halogens is 2. The molecule has 32 heavy (non-hydrogen) atoms. The first kappa shape index (κ1) is 20.1. The van der Waals surface area contributed by atoms with Crippen LogP contribution in [-0.4, -0.2) is 38.0 Å². The lowest BCUT2D eigenvalue weighted by molar-refractivity contribution is 0.576. The van der Waals surface area contributed by atoms with Crippen molar-refractivity contribution in [1.82, 2.24) is 24.9 Å². The van der Waals surface area contributed by atoms with Crippen molar-refractivity contribution in [3.8, 4) is 11.4 Å². The van der Waals surface area contributed by atoms with Crippen LogP contribution in [0.25, 0.3) is 22.3 Å². The molecule has 1 saturated carbocycles. The van der Waals surface area contributed by atoms with E-state index in [1.54, 1.807) is 24.5 Å². The lowest BCUT2D eigenvalue weighted by Gasteiger charge is -2.13. The van der Waals surface area contributed by atoms with Gasteiger partial charge in [0, 0.05) is 42.5 Å². The molecule has 1 aliphatic carbocycles. The first-order valence-corrected chi connectivity index (χ1v) is 10.3. The summed E-state index contributed by atoms with van der Waals surface area (Å²) in [6, 6.07) is 4.19. The van der Waals surface area contributed by atoms with Gasteiger partial charge in [-0.2, -0.15) is 0 Å². The highest BCUT2D eigenvalue weighted by Gasteiger charge is 2.27. The minimum Gasteiger partial charge on any atom is -0.368 e. The van der Waals surface area contributed by atoms with Crippen LogP contribution in [0, 0.1) is 11.6 Å². The third-order valence-electron chi connectivity index (χ3n) is 5.16. The third-order valence-corrected chi connectivity index (χ3v) is 5.16. The van der Waals surface area contributed by atoms with Gasteiger partial charge in [0.15, 0.2) is 17.5 Å². The Bertz CT molecular complexity index is 1290. The van der Waals surface area contributed by atoms with Crippen LogP contribution in [0.3, 0.4) is 0 Å². The predicted molar refractivity (Wildman–Crippen MR) is 118 cm³/mol. The summed E-state index contributed by atoms with van der Waals surface area (Å²) in [4.78, 5) is 21.8. The van der Waals surface area contributed by atoms with Crippen molar-refractivity contribution in [1.29, 1.82) is 0 Å². The predicted octanol–water partition coefficient (Wildman–Crippen LogP) is 3.75. The van der Waals surface area contributed by atoms with Crippen molar-refractivity contribution >= 4 is 28.4 Å². The summed E-state index contributed by atoms with van der Waals surface area (Å²) in [5, 5.41) is 7.03. The number of nitrogens with zero attached hydrogens (tertiary/aromatic N) is 5. The second-order valence-electron chi connectivity index (χ2n) is 7.55. The zero-order valence-corrected chi connectivity index (χ0v) is 17.0. The van der Waals surface area contributed by atoms with Gasteiger partial charge in [-0.3, -0.25) is 4.98 Å². The van der Waals surface area contributed by atoms with E-state index in [1.165, 1.54) is 0 Å². The number of hydrogen-bond donors (Lipinski definition) is 3. The van der Waals surface area contributed by atoms with Crippen molar-refractivity contribution in [3.63, 3.8) is 0 Å². The monoisotopic (exact) mass is 434 g/mol. The molecule has 4 heterocycles. The van der Waals surface area contributed by atoms with Crippen molar-refractivity contribution < 1.29 is 8.78 Å². The van der Waals surface area contributed by atoms with Crippen LogP contribution in [0.15, 0.2) is 43.0 Å². The summed E-state index contributed by atoms with van der Waals surface area (Å²) >= 11 is 0. The molecule has 0 aromatic carbocycles. The zero-order valence-electron chi connectivity index (χ0n) is 17.0. The molecule has 0 saturated heterocycles. The molecule has 1 aliphatic rings. The molecule has 4 aromatic heterocycles. The zero-order chi connectivity index (χ0) is 22.1. The molecule has 5 rings (SSSR count). The molecule has 0 amide bonds. The number of nitrogens with two attached hydrogens (primary N) is 1. The number of anilines is 3. The molecule has 10 heteroatoms. The van der Waals surface area contributed by atoms with Gasteiger partial charge < -0.3 is 16.4 Å². The summed E-state index contributed by atoms with van der Waals surface area (Å²) in [6.07, 6.45) is 8.35. The number of rotatable bonds is 7. The average molecular weight is 434 g/mol. The fourth-order valence-electron chi connectivity index (χ4n) is 3.53. The van der Waals surface area contributed by atoms with Gasteiger partial charge in [0.2, 0.25) is 0 Å². The minimum atomic E-state index is -0.814. The van der Waals surface area contributed by atoms with Gasteiger partial charge in [0.25, 0.3) is 0 Å². The molecular formula is C22H20F2N8. The highest BCUT2D eigenvalue weighted by molar-refractivity contribution is 5.93. The van der Waals surface area contributed by atoms with E-state index in [0.717, 1.165) is 41.6 Å². The molecule has 162 valence electrons. The summed E-state index contributed by atoms with van der Waals surface area (Å²) in [5.74, 6) is 0.280. The summed E-state index contributed by atoms with van der Waals surface area (Å²) in [5.41, 5.74) is 8.24. The summed E-state index contributed by atoms with van der Waals surface area (Å²) < 4.78 is 27.1. The van der Waals surface area contributed by atoms with Crippen LogP contribution < -0.4 is 16.4 Å². The normalized spacial score (nSPS) is 13.3. The Morgan fingerprint density at radius 3 is 2.69 bits per heavy atom. The van der Waals surface area contributed by atoms with Crippen molar-refractivity contribution in [2.45, 2.75) is 18.8 Å². The fourth-order valence-corrected chi connectivity index (χ4v) is 3.53. The van der Waals surface area contributed by atoms with Gasteiger partial charge in [-0.05, 0) is 36.5 Å². The van der Waals surface area contributed by atoms with Crippen molar-refractivity contribution in [2.75, 3.05) is 23.7 Å². The average Bonchev–Trinajstić information content (AvgIpc) is 3.64. The molecule has 8 nitrogen and oxygen atoms in total. The van der Waals surface area contributed by atoms with E-state index in [9.17, 15) is 8.78 Å². The van der Waals surface area contributed by atoms with Crippen LogP contribution in [0.4, 0.5) is 26.2 Å². The van der Waals surface area contributed by atoms with Crippen LogP contribution >= 0.6 is 0 Å². The standard InChI is InChI=1S/C22H20F2N8/c23-14-8-16(24)21(29-9-14)31-18-7-13(3-5-27-18)20-30-17-11-26-10-15(12-1-2-12)19(17)22(32-20)28-6-4-25/h3,5,7-12H,1-2,4,6,25H2,(H,27,29,31)(H,28,30,32). The molecular weight excluding hydrogens is 414 g/mol. The maximum atomic E-state index is 14.0. The second kappa shape index (κ2) is 8.39. The number of fused-ring (bicyclic) bond motifs is 1. The van der Waals surface area contributed by atoms with Crippen molar-refractivity contribution in [2.24, 2.45) is 5.73 Å². The Kier molecular flexibility index (Phi) is 5.28. The maximum absolute atomic E-state index is 14.0. The van der Waals surface area contributed by atoms with Crippen LogP contribution in [0.5, 0.6) is 0 Å². The van der Waals surface area contributed by atoms with Crippen LogP contribution in [-0.2, 0) is 0 Å². The maximum Gasteiger partial charge on any atom is 0.168 e. The first-order valence-electron chi connectivity index (χ1n) is 10.3. The Balaban J connectivity index is 1.55. The quantitative estimate of drug-likeness (QED) is 0.403. The highest BCUT2D eigenvalue weighted by Crippen LogP contribution is 2.44. The van der Waals surface area contributed by atoms with Gasteiger partial charge in [-0.25, -0.2) is 28.7 Å². The van der Waals surface area contributed by atoms with Gasteiger partial charge >= 0.3 is 0 Å². The number of nitrogens with one attached hydrogen (secondary N) is 2.